The largest absolute Gasteiger partial charge is 0.447 e. The molecule has 3 N–H and O–H groups in total. The minimum absolute atomic E-state index is 0.101. The van der Waals surface area contributed by atoms with E-state index in [4.69, 9.17) is 32.8 Å². The van der Waals surface area contributed by atoms with Gasteiger partial charge in [-0.25, -0.2) is 19.2 Å². The van der Waals surface area contributed by atoms with Gasteiger partial charge in [-0.2, -0.15) is 0 Å². The Kier molecular flexibility index (Phi) is 24.3. The predicted molar refractivity (Wildman–Crippen MR) is 190 cm³/mol. The maximum absolute atomic E-state index is 12.4. The number of carbonyl (C=O) groups is 4. The quantitative estimate of drug-likeness (QED) is 0.0405. The van der Waals surface area contributed by atoms with Crippen LogP contribution in [0.1, 0.15) is 58.3 Å². The first kappa shape index (κ1) is 43.8. The summed E-state index contributed by atoms with van der Waals surface area (Å²) in [5.41, 5.74) is 0.307. The van der Waals surface area contributed by atoms with Crippen LogP contribution >= 0.6 is 31.9 Å². The molecule has 1 aliphatic heterocycles. The number of hydrogen-bond donors (Lipinski definition) is 3. The molecule has 0 saturated carbocycles. The maximum atomic E-state index is 12.4. The van der Waals surface area contributed by atoms with Crippen LogP contribution in [0.4, 0.5) is 14.4 Å². The normalized spacial score (nSPS) is 13.3. The van der Waals surface area contributed by atoms with Gasteiger partial charge in [-0.05, 0) is 95.6 Å². The summed E-state index contributed by atoms with van der Waals surface area (Å²) in [5, 5.41) is 8.11. The molecule has 14 nitrogen and oxygen atoms in total. The fourth-order valence-corrected chi connectivity index (χ4v) is 5.78. The van der Waals surface area contributed by atoms with Gasteiger partial charge < -0.3 is 48.8 Å². The first-order chi connectivity index (χ1) is 23.0. The topological polar surface area (TPSA) is 169 Å². The number of hydrogen-bond acceptors (Lipinski definition) is 11. The van der Waals surface area contributed by atoms with Gasteiger partial charge in [0.2, 0.25) is 0 Å². The Hall–Kier alpha value is -2.18. The highest BCUT2D eigenvalue weighted by molar-refractivity contribution is 9.28. The summed E-state index contributed by atoms with van der Waals surface area (Å²) in [6.07, 6.45) is 5.56. The Labute approximate surface area is 302 Å². The van der Waals surface area contributed by atoms with E-state index in [-0.39, 0.29) is 26.4 Å². The fraction of sp³-hybridized carbons (Fsp3) is 0.742. The summed E-state index contributed by atoms with van der Waals surface area (Å²) < 4.78 is 37.6. The molecule has 0 aromatic heterocycles. The lowest BCUT2D eigenvalue weighted by atomic mass is 10.0. The van der Waals surface area contributed by atoms with Crippen LogP contribution in [0.3, 0.4) is 0 Å². The summed E-state index contributed by atoms with van der Waals surface area (Å²) in [5.74, 6) is -0.194. The molecule has 3 amide bonds. The van der Waals surface area contributed by atoms with E-state index in [1.54, 1.807) is 13.2 Å². The zero-order valence-electron chi connectivity index (χ0n) is 28.6. The number of ether oxygens (including phenoxy) is 6. The first-order valence-corrected chi connectivity index (χ1v) is 21.1. The van der Waals surface area contributed by atoms with E-state index in [2.05, 4.69) is 67.8 Å². The van der Waals surface area contributed by atoms with Crippen molar-refractivity contribution in [1.82, 2.24) is 16.0 Å². The third-order valence-corrected chi connectivity index (χ3v) is 10.5. The lowest BCUT2D eigenvalue weighted by molar-refractivity contribution is -0.134. The van der Waals surface area contributed by atoms with E-state index in [1.165, 1.54) is 0 Å². The fourth-order valence-electron chi connectivity index (χ4n) is 4.16. The molecule has 0 saturated heterocycles. The Morgan fingerprint density at radius 2 is 1.33 bits per heavy atom. The molecule has 0 aliphatic carbocycles. The van der Waals surface area contributed by atoms with Crippen LogP contribution in [0.5, 0.6) is 0 Å². The monoisotopic (exact) mass is 829 g/mol. The molecule has 0 spiro atoms. The number of rotatable bonds is 26. The number of carbonyl (C=O) groups excluding carboxylic acids is 4. The number of cyclic esters (lactones) is 1. The van der Waals surface area contributed by atoms with E-state index >= 15 is 0 Å². The number of allylic oxidation sites excluding steroid dienone is 1. The standard InChI is InChI=1S/C31H53Br2N3O11Si/c1-5-6-8-12-25(24-23-26(27(32)33)46-28(24)37)47-31(40)36-14-10-7-9-13-34-29(38)44-20-18-42-16-17-43-19-21-45-30(39)35-15-11-22-48(3,4)41-2/h23,25H,5-22H2,1-4H3,(H,34,38)(H,35,39)(H,36,40). The summed E-state index contributed by atoms with van der Waals surface area (Å²) in [6, 6.07) is 0.961. The molecule has 1 atom stereocenters. The van der Waals surface area contributed by atoms with Crippen molar-refractivity contribution in [2.45, 2.75) is 83.5 Å². The molecule has 1 aliphatic rings. The Bertz CT molecular complexity index is 1040. The zero-order valence-corrected chi connectivity index (χ0v) is 32.8. The SMILES string of the molecule is CCCCCC(OC(=O)NCCCCCNC(=O)OCCOCCOCCOC(=O)NCCC[Si](C)(C)OC)C1=CC(=C(Br)Br)OC1=O. The molecule has 276 valence electrons. The van der Waals surface area contributed by atoms with Crippen molar-refractivity contribution in [1.29, 1.82) is 0 Å². The number of unbranched alkanes of at least 4 members (excludes halogenated alkanes) is 4. The predicted octanol–water partition coefficient (Wildman–Crippen LogP) is 6.00. The lowest BCUT2D eigenvalue weighted by Crippen LogP contribution is -2.32. The Morgan fingerprint density at radius 3 is 1.85 bits per heavy atom. The van der Waals surface area contributed by atoms with Gasteiger partial charge in [0.05, 0.1) is 32.0 Å². The number of halogens is 2. The van der Waals surface area contributed by atoms with E-state index in [9.17, 15) is 19.2 Å². The number of alkyl carbamates (subject to hydrolysis) is 3. The van der Waals surface area contributed by atoms with Crippen LogP contribution in [0, 0.1) is 0 Å². The van der Waals surface area contributed by atoms with Crippen LogP contribution in [0.2, 0.25) is 19.1 Å². The molecule has 48 heavy (non-hydrogen) atoms. The molecular weight excluding hydrogens is 778 g/mol. The van der Waals surface area contributed by atoms with E-state index in [0.717, 1.165) is 38.1 Å². The van der Waals surface area contributed by atoms with Gasteiger partial charge in [0.15, 0.2) is 14.1 Å². The molecule has 0 bridgehead atoms. The lowest BCUT2D eigenvalue weighted by Gasteiger charge is -2.19. The summed E-state index contributed by atoms with van der Waals surface area (Å²) >= 11 is 6.46. The van der Waals surface area contributed by atoms with Crippen LogP contribution < -0.4 is 16.0 Å². The second-order valence-electron chi connectivity index (χ2n) is 11.4. The molecule has 0 radical (unpaired) electrons. The van der Waals surface area contributed by atoms with Crippen LogP contribution in [0.15, 0.2) is 20.8 Å². The minimum atomic E-state index is -1.61. The molecule has 0 aromatic carbocycles. The average Bonchev–Trinajstić information content (AvgIpc) is 3.44. The molecule has 1 heterocycles. The number of amides is 3. The van der Waals surface area contributed by atoms with E-state index in [0.29, 0.717) is 66.8 Å². The van der Waals surface area contributed by atoms with Crippen molar-refractivity contribution in [3.8, 4) is 0 Å². The number of nitrogens with one attached hydrogen (secondary N) is 3. The summed E-state index contributed by atoms with van der Waals surface area (Å²) in [6.45, 7) is 9.07. The zero-order chi connectivity index (χ0) is 35.6. The van der Waals surface area contributed by atoms with Gasteiger partial charge in [-0.1, -0.05) is 19.8 Å². The van der Waals surface area contributed by atoms with Gasteiger partial charge in [0.1, 0.15) is 22.7 Å². The average molecular weight is 832 g/mol. The van der Waals surface area contributed by atoms with E-state index in [1.807, 2.05) is 0 Å². The number of esters is 1. The molecule has 0 fully saturated rings. The molecule has 1 rings (SSSR count). The highest BCUT2D eigenvalue weighted by atomic mass is 79.9. The minimum Gasteiger partial charge on any atom is -0.447 e. The summed E-state index contributed by atoms with van der Waals surface area (Å²) in [7, 11) is 0.115. The Balaban J connectivity index is 2.01. The molecular formula is C31H53Br2N3O11Si. The highest BCUT2D eigenvalue weighted by Crippen LogP contribution is 2.31. The second kappa shape index (κ2) is 26.7. The molecule has 17 heteroatoms. The van der Waals surface area contributed by atoms with Crippen molar-refractivity contribution < 1.29 is 52.0 Å². The van der Waals surface area contributed by atoms with Crippen molar-refractivity contribution >= 4 is 64.4 Å². The second-order valence-corrected chi connectivity index (χ2v) is 18.5. The van der Waals surface area contributed by atoms with Crippen LogP contribution in [0.25, 0.3) is 0 Å². The van der Waals surface area contributed by atoms with Crippen molar-refractivity contribution in [2.75, 3.05) is 66.4 Å². The van der Waals surface area contributed by atoms with Crippen LogP contribution in [-0.2, 0) is 37.6 Å². The first-order valence-electron chi connectivity index (χ1n) is 16.4. The van der Waals surface area contributed by atoms with Gasteiger partial charge in [-0.15, -0.1) is 0 Å². The molecule has 0 aromatic rings. The molecule has 1 unspecified atom stereocenters. The van der Waals surface area contributed by atoms with Gasteiger partial charge in [0.25, 0.3) is 0 Å². The van der Waals surface area contributed by atoms with Gasteiger partial charge in [0, 0.05) is 26.7 Å². The van der Waals surface area contributed by atoms with E-state index < -0.39 is 38.7 Å². The summed E-state index contributed by atoms with van der Waals surface area (Å²) in [4.78, 5) is 48.2. The third-order valence-electron chi connectivity index (χ3n) is 7.04. The van der Waals surface area contributed by atoms with Gasteiger partial charge in [-0.3, -0.25) is 0 Å². The van der Waals surface area contributed by atoms with Crippen molar-refractivity contribution in [3.63, 3.8) is 0 Å². The van der Waals surface area contributed by atoms with Crippen LogP contribution in [-0.4, -0.2) is 105 Å². The smallest absolute Gasteiger partial charge is 0.407 e. The van der Waals surface area contributed by atoms with Gasteiger partial charge >= 0.3 is 24.2 Å². The Morgan fingerprint density at radius 1 is 0.792 bits per heavy atom. The highest BCUT2D eigenvalue weighted by Gasteiger charge is 2.32. The van der Waals surface area contributed by atoms with Crippen molar-refractivity contribution in [3.05, 3.63) is 20.8 Å². The maximum Gasteiger partial charge on any atom is 0.407 e. The van der Waals surface area contributed by atoms with Crippen molar-refractivity contribution in [2.24, 2.45) is 0 Å². The third kappa shape index (κ3) is 21.7.